The lowest BCUT2D eigenvalue weighted by atomic mass is 9.99. The summed E-state index contributed by atoms with van der Waals surface area (Å²) in [5.74, 6) is -1.19. The van der Waals surface area contributed by atoms with Gasteiger partial charge in [-0.3, -0.25) is 9.59 Å². The number of aliphatic hydroxyl groups is 5. The van der Waals surface area contributed by atoms with E-state index in [2.05, 4.69) is 99.0 Å². The Morgan fingerprint density at radius 2 is 0.758 bits per heavy atom. The Hall–Kier alpha value is -3.16. The van der Waals surface area contributed by atoms with Crippen molar-refractivity contribution in [1.82, 2.24) is 5.32 Å². The van der Waals surface area contributed by atoms with Crippen LogP contribution in [0.2, 0.25) is 0 Å². The molecule has 1 aliphatic rings. The summed E-state index contributed by atoms with van der Waals surface area (Å²) in [5, 5.41) is 57.3. The molecule has 0 aromatic heterocycles. The van der Waals surface area contributed by atoms with E-state index in [4.69, 9.17) is 14.2 Å². The van der Waals surface area contributed by atoms with Gasteiger partial charge in [0.05, 0.1) is 25.4 Å². The van der Waals surface area contributed by atoms with Crippen molar-refractivity contribution in [2.45, 2.75) is 397 Å². The predicted molar refractivity (Wildman–Crippen MR) is 384 cm³/mol. The number of carbonyl (C=O) groups excluding carboxylic acids is 2. The molecule has 0 aromatic carbocycles. The fraction of sp³-hybridized carbons (Fsp3) is 0.800. The van der Waals surface area contributed by atoms with Gasteiger partial charge in [0.2, 0.25) is 5.91 Å². The van der Waals surface area contributed by atoms with E-state index in [-0.39, 0.29) is 19.4 Å². The van der Waals surface area contributed by atoms with Crippen molar-refractivity contribution in [2.75, 3.05) is 13.2 Å². The fourth-order valence-electron chi connectivity index (χ4n) is 11.7. The minimum atomic E-state index is -1.62. The van der Waals surface area contributed by atoms with Crippen molar-refractivity contribution >= 4 is 11.9 Å². The molecule has 1 rings (SSSR count). The zero-order chi connectivity index (χ0) is 66.0. The molecule has 11 nitrogen and oxygen atoms in total. The van der Waals surface area contributed by atoms with E-state index < -0.39 is 67.4 Å². The molecule has 8 atom stereocenters. The summed E-state index contributed by atoms with van der Waals surface area (Å²) in [5.41, 5.74) is 0. The largest absolute Gasteiger partial charge is 0.454 e. The van der Waals surface area contributed by atoms with Gasteiger partial charge in [0.1, 0.15) is 24.4 Å². The first-order valence-electron chi connectivity index (χ1n) is 38.4. The molecule has 0 bridgehead atoms. The number of allylic oxidation sites excluding steroid dienone is 13. The zero-order valence-corrected chi connectivity index (χ0v) is 59.0. The Morgan fingerprint density at radius 3 is 1.15 bits per heavy atom. The van der Waals surface area contributed by atoms with Gasteiger partial charge in [-0.25, -0.2) is 0 Å². The molecule has 1 aliphatic heterocycles. The molecule has 1 saturated heterocycles. The Kier molecular flexibility index (Phi) is 63.1. The molecule has 1 fully saturated rings. The molecule has 6 N–H and O–H groups in total. The van der Waals surface area contributed by atoms with Crippen molar-refractivity contribution in [2.24, 2.45) is 0 Å². The maximum Gasteiger partial charge on any atom is 0.306 e. The van der Waals surface area contributed by atoms with Crippen molar-refractivity contribution in [3.05, 3.63) is 85.1 Å². The van der Waals surface area contributed by atoms with Crippen LogP contribution in [0.15, 0.2) is 85.1 Å². The first-order valence-corrected chi connectivity index (χ1v) is 38.4. The average Bonchev–Trinajstić information content (AvgIpc) is 0.943. The summed E-state index contributed by atoms with van der Waals surface area (Å²) in [6.45, 7) is 5.77. The lowest BCUT2D eigenvalue weighted by Gasteiger charge is -2.41. The Bertz CT molecular complexity index is 1810. The fourth-order valence-corrected chi connectivity index (χ4v) is 11.7. The average molecular weight is 1280 g/mol. The number of unbranched alkanes of at least 4 members (excludes halogenated alkanes) is 40. The van der Waals surface area contributed by atoms with E-state index >= 15 is 0 Å². The summed E-state index contributed by atoms with van der Waals surface area (Å²) >= 11 is 0. The van der Waals surface area contributed by atoms with Crippen molar-refractivity contribution in [1.29, 1.82) is 0 Å². The lowest BCUT2D eigenvalue weighted by molar-refractivity contribution is -0.305. The van der Waals surface area contributed by atoms with E-state index in [1.165, 1.54) is 212 Å². The summed E-state index contributed by atoms with van der Waals surface area (Å²) in [7, 11) is 0. The number of hydrogen-bond acceptors (Lipinski definition) is 10. The Labute approximate surface area is 559 Å². The van der Waals surface area contributed by atoms with Crippen LogP contribution in [0, 0.1) is 0 Å². The van der Waals surface area contributed by atoms with Crippen LogP contribution in [0.25, 0.3) is 0 Å². The highest BCUT2D eigenvalue weighted by Gasteiger charge is 2.47. The van der Waals surface area contributed by atoms with Gasteiger partial charge in [-0.2, -0.15) is 0 Å². The van der Waals surface area contributed by atoms with Gasteiger partial charge < -0.3 is 45.1 Å². The van der Waals surface area contributed by atoms with Gasteiger partial charge in [0, 0.05) is 6.42 Å². The van der Waals surface area contributed by atoms with Gasteiger partial charge in [-0.15, -0.1) is 0 Å². The standard InChI is InChI=1S/C80H143NO10/c1-4-7-10-13-16-19-22-24-26-28-30-32-34-36-37-38-40-42-44-46-48-50-53-56-59-62-65-68-75(85)91-78-77(87)76(86)74(69-82)90-80(78)89-70-71(72(83)66-63-60-57-54-51-21-18-15-12-9-6-3)81-79(88)73(84)67-64-61-58-55-52-49-47-45-43-41-39-35-33-31-29-27-25-23-20-17-14-11-8-5-2/h16-17,19-20,24-27,31,33,39,41,63,66,71-74,76-78,80,82-84,86-87H,4-15,18,21-23,28-30,32,34-38,40,42-62,64-65,67-70H2,1-3H3,(H,81,88)/b19-16-,20-17-,26-24-,27-25-,33-31-,41-39-,66-63+. The number of nitrogens with one attached hydrogen (secondary N) is 1. The first-order chi connectivity index (χ1) is 44.7. The van der Waals surface area contributed by atoms with Crippen LogP contribution >= 0.6 is 0 Å². The zero-order valence-electron chi connectivity index (χ0n) is 59.0. The molecule has 0 aromatic rings. The maximum atomic E-state index is 13.5. The van der Waals surface area contributed by atoms with E-state index in [9.17, 15) is 35.1 Å². The molecule has 11 heteroatoms. The molecule has 8 unspecified atom stereocenters. The van der Waals surface area contributed by atoms with Crippen LogP contribution < -0.4 is 5.32 Å². The van der Waals surface area contributed by atoms with E-state index in [1.54, 1.807) is 6.08 Å². The number of hydrogen-bond donors (Lipinski definition) is 6. The first kappa shape index (κ1) is 85.9. The van der Waals surface area contributed by atoms with Crippen LogP contribution in [0.3, 0.4) is 0 Å². The number of ether oxygens (including phenoxy) is 3. The minimum Gasteiger partial charge on any atom is -0.454 e. The van der Waals surface area contributed by atoms with E-state index in [0.717, 1.165) is 89.9 Å². The molecule has 91 heavy (non-hydrogen) atoms. The topological polar surface area (TPSA) is 175 Å². The highest BCUT2D eigenvalue weighted by Crippen LogP contribution is 2.26. The molecular formula is C80H143NO10. The summed E-state index contributed by atoms with van der Waals surface area (Å²) in [6.07, 6.45) is 79.2. The number of esters is 1. The number of rotatable bonds is 66. The van der Waals surface area contributed by atoms with Crippen LogP contribution in [-0.2, 0) is 23.8 Å². The second kappa shape index (κ2) is 66.8. The van der Waals surface area contributed by atoms with Gasteiger partial charge in [-0.05, 0) is 103 Å². The second-order valence-corrected chi connectivity index (χ2v) is 26.4. The Balaban J connectivity index is 2.50. The predicted octanol–water partition coefficient (Wildman–Crippen LogP) is 20.4. The van der Waals surface area contributed by atoms with Gasteiger partial charge in [0.25, 0.3) is 0 Å². The molecule has 0 aliphatic carbocycles. The number of aliphatic hydroxyl groups excluding tert-OH is 5. The molecule has 0 radical (unpaired) electrons. The molecule has 0 spiro atoms. The van der Waals surface area contributed by atoms with Crippen molar-refractivity contribution < 1.29 is 49.3 Å². The normalized spacial score (nSPS) is 18.4. The van der Waals surface area contributed by atoms with Crippen LogP contribution in [0.1, 0.15) is 348 Å². The third-order valence-electron chi connectivity index (χ3n) is 17.8. The second-order valence-electron chi connectivity index (χ2n) is 26.4. The SMILES string of the molecule is CCCCC/C=C\C/C=C\C/C=C\C/C=C\CCCCCCCCCCC(O)C(=O)NC(COC1OC(CO)C(O)C(O)C1OC(=O)CCCCCCCCCCCCCCCCCCC/C=C\C/C=C\CCCCC)C(O)/C=C/CCCCCCCCCCC. The van der Waals surface area contributed by atoms with Crippen LogP contribution in [-0.4, -0.2) is 99.6 Å². The Morgan fingerprint density at radius 1 is 0.429 bits per heavy atom. The van der Waals surface area contributed by atoms with Crippen molar-refractivity contribution in [3.63, 3.8) is 0 Å². The quantitative estimate of drug-likeness (QED) is 0.0195. The van der Waals surface area contributed by atoms with Crippen molar-refractivity contribution in [3.8, 4) is 0 Å². The van der Waals surface area contributed by atoms with Gasteiger partial charge >= 0.3 is 5.97 Å². The summed E-state index contributed by atoms with van der Waals surface area (Å²) in [6, 6.07) is -1.03. The number of amides is 1. The number of carbonyl (C=O) groups is 2. The third kappa shape index (κ3) is 53.7. The molecule has 0 saturated carbocycles. The third-order valence-corrected chi connectivity index (χ3v) is 17.8. The molecule has 528 valence electrons. The smallest absolute Gasteiger partial charge is 0.306 e. The summed E-state index contributed by atoms with van der Waals surface area (Å²) in [4.78, 5) is 26.7. The molecule has 1 amide bonds. The van der Waals surface area contributed by atoms with Crippen LogP contribution in [0.5, 0.6) is 0 Å². The lowest BCUT2D eigenvalue weighted by Crippen LogP contribution is -2.61. The highest BCUT2D eigenvalue weighted by molar-refractivity contribution is 5.80. The highest BCUT2D eigenvalue weighted by atomic mass is 16.7. The minimum absolute atomic E-state index is 0.123. The van der Waals surface area contributed by atoms with Gasteiger partial charge in [0.15, 0.2) is 12.4 Å². The summed E-state index contributed by atoms with van der Waals surface area (Å²) < 4.78 is 17.7. The van der Waals surface area contributed by atoms with Crippen LogP contribution in [0.4, 0.5) is 0 Å². The molecular weight excluding hydrogens is 1130 g/mol. The monoisotopic (exact) mass is 1280 g/mol. The van der Waals surface area contributed by atoms with Gasteiger partial charge in [-0.1, -0.05) is 324 Å². The maximum absolute atomic E-state index is 13.5. The molecule has 1 heterocycles. The van der Waals surface area contributed by atoms with E-state index in [1.807, 2.05) is 6.08 Å². The van der Waals surface area contributed by atoms with E-state index in [0.29, 0.717) is 12.8 Å².